The van der Waals surface area contributed by atoms with Crippen LogP contribution in [0, 0.1) is 6.92 Å². The van der Waals surface area contributed by atoms with E-state index >= 15 is 0 Å². The first-order valence-corrected chi connectivity index (χ1v) is 5.47. The molecule has 0 amide bonds. The van der Waals surface area contributed by atoms with Crippen LogP contribution < -0.4 is 5.32 Å². The van der Waals surface area contributed by atoms with E-state index in [9.17, 15) is 4.79 Å². The second-order valence-corrected chi connectivity index (χ2v) is 3.88. The highest BCUT2D eigenvalue weighted by Gasteiger charge is 2.13. The first-order valence-electron chi connectivity index (χ1n) is 5.47. The molecule has 0 aliphatic rings. The van der Waals surface area contributed by atoms with E-state index in [0.717, 1.165) is 11.1 Å². The summed E-state index contributed by atoms with van der Waals surface area (Å²) in [6, 6.07) is 7.74. The van der Waals surface area contributed by atoms with Crippen molar-refractivity contribution in [2.75, 3.05) is 12.4 Å². The Kier molecular flexibility index (Phi) is 3.23. The zero-order chi connectivity index (χ0) is 13.1. The lowest BCUT2D eigenvalue weighted by Crippen LogP contribution is -2.07. The molecule has 0 fully saturated rings. The van der Waals surface area contributed by atoms with Gasteiger partial charge < -0.3 is 10.4 Å². The first kappa shape index (κ1) is 12.0. The van der Waals surface area contributed by atoms with Gasteiger partial charge >= 0.3 is 5.97 Å². The van der Waals surface area contributed by atoms with Crippen LogP contribution in [0.15, 0.2) is 30.5 Å². The Hall–Kier alpha value is -2.43. The topological polar surface area (TPSA) is 75.1 Å². The number of nitrogens with one attached hydrogen (secondary N) is 1. The number of hydrogen-bond donors (Lipinski definition) is 2. The van der Waals surface area contributed by atoms with Crippen LogP contribution in [0.2, 0.25) is 0 Å². The fourth-order valence-electron chi connectivity index (χ4n) is 1.57. The lowest BCUT2D eigenvalue weighted by Gasteiger charge is -2.06. The molecule has 0 radical (unpaired) electrons. The van der Waals surface area contributed by atoms with Gasteiger partial charge in [0.05, 0.1) is 0 Å². The van der Waals surface area contributed by atoms with Crippen molar-refractivity contribution in [3.63, 3.8) is 0 Å². The molecule has 1 heterocycles. The zero-order valence-corrected chi connectivity index (χ0v) is 10.1. The second kappa shape index (κ2) is 4.83. The molecule has 0 bridgehead atoms. The SMILES string of the molecule is CNc1nc(-c2ccc(C)cc2)ncc1C(=O)O. The van der Waals surface area contributed by atoms with Crippen molar-refractivity contribution in [1.82, 2.24) is 9.97 Å². The molecule has 0 atom stereocenters. The van der Waals surface area contributed by atoms with Gasteiger partial charge in [0, 0.05) is 18.8 Å². The first-order chi connectivity index (χ1) is 8.61. The van der Waals surface area contributed by atoms with Crippen LogP contribution in [0.5, 0.6) is 0 Å². The molecule has 0 unspecified atom stereocenters. The van der Waals surface area contributed by atoms with Crippen LogP contribution in [0.25, 0.3) is 11.4 Å². The molecule has 2 N–H and O–H groups in total. The number of benzene rings is 1. The molecule has 2 rings (SSSR count). The maximum atomic E-state index is 11.0. The molecular formula is C13H13N3O2. The molecule has 0 aliphatic carbocycles. The Morgan fingerprint density at radius 2 is 1.94 bits per heavy atom. The lowest BCUT2D eigenvalue weighted by molar-refractivity contribution is 0.0697. The van der Waals surface area contributed by atoms with Gasteiger partial charge in [0.1, 0.15) is 11.4 Å². The van der Waals surface area contributed by atoms with Gasteiger partial charge in [0.25, 0.3) is 0 Å². The summed E-state index contributed by atoms with van der Waals surface area (Å²) in [5, 5.41) is 11.7. The van der Waals surface area contributed by atoms with Crippen molar-refractivity contribution in [3.8, 4) is 11.4 Å². The normalized spacial score (nSPS) is 10.1. The number of hydrogen-bond acceptors (Lipinski definition) is 4. The van der Waals surface area contributed by atoms with Crippen LogP contribution >= 0.6 is 0 Å². The van der Waals surface area contributed by atoms with E-state index in [2.05, 4.69) is 15.3 Å². The van der Waals surface area contributed by atoms with E-state index in [1.54, 1.807) is 7.05 Å². The van der Waals surface area contributed by atoms with Gasteiger partial charge in [-0.15, -0.1) is 0 Å². The van der Waals surface area contributed by atoms with E-state index in [0.29, 0.717) is 11.6 Å². The summed E-state index contributed by atoms with van der Waals surface area (Å²) in [6.45, 7) is 2.00. The van der Waals surface area contributed by atoms with E-state index in [4.69, 9.17) is 5.11 Å². The Bertz CT molecular complexity index is 579. The van der Waals surface area contributed by atoms with Gasteiger partial charge in [-0.25, -0.2) is 14.8 Å². The highest BCUT2D eigenvalue weighted by molar-refractivity contribution is 5.93. The molecular weight excluding hydrogens is 230 g/mol. The number of rotatable bonds is 3. The fraction of sp³-hybridized carbons (Fsp3) is 0.154. The molecule has 5 nitrogen and oxygen atoms in total. The maximum absolute atomic E-state index is 11.0. The highest BCUT2D eigenvalue weighted by Crippen LogP contribution is 2.19. The molecule has 1 aromatic heterocycles. The number of anilines is 1. The van der Waals surface area contributed by atoms with Crippen molar-refractivity contribution in [3.05, 3.63) is 41.6 Å². The molecule has 18 heavy (non-hydrogen) atoms. The minimum absolute atomic E-state index is 0.0633. The number of aromatic carboxylic acids is 1. The summed E-state index contributed by atoms with van der Waals surface area (Å²) in [5.74, 6) is -0.229. The van der Waals surface area contributed by atoms with Crippen molar-refractivity contribution in [1.29, 1.82) is 0 Å². The summed E-state index contributed by atoms with van der Waals surface area (Å²) < 4.78 is 0. The second-order valence-electron chi connectivity index (χ2n) is 3.88. The Labute approximate surface area is 105 Å². The molecule has 0 spiro atoms. The van der Waals surface area contributed by atoms with Crippen LogP contribution in [0.1, 0.15) is 15.9 Å². The van der Waals surface area contributed by atoms with Crippen molar-refractivity contribution < 1.29 is 9.90 Å². The van der Waals surface area contributed by atoms with Crippen LogP contribution in [0.4, 0.5) is 5.82 Å². The minimum atomic E-state index is -1.05. The Morgan fingerprint density at radius 1 is 1.28 bits per heavy atom. The number of aryl methyl sites for hydroxylation is 1. The third-order valence-corrected chi connectivity index (χ3v) is 2.57. The molecule has 0 saturated heterocycles. The third kappa shape index (κ3) is 2.29. The highest BCUT2D eigenvalue weighted by atomic mass is 16.4. The minimum Gasteiger partial charge on any atom is -0.477 e. The van der Waals surface area contributed by atoms with E-state index in [1.807, 2.05) is 31.2 Å². The van der Waals surface area contributed by atoms with Crippen molar-refractivity contribution in [2.45, 2.75) is 6.92 Å². The number of carboxylic acid groups (broad SMARTS) is 1. The molecule has 0 aliphatic heterocycles. The van der Waals surface area contributed by atoms with Gasteiger partial charge in [-0.05, 0) is 6.92 Å². The molecule has 0 saturated carbocycles. The monoisotopic (exact) mass is 243 g/mol. The predicted molar refractivity (Wildman–Crippen MR) is 68.7 cm³/mol. The van der Waals surface area contributed by atoms with E-state index < -0.39 is 5.97 Å². The van der Waals surface area contributed by atoms with Gasteiger partial charge in [-0.1, -0.05) is 29.8 Å². The third-order valence-electron chi connectivity index (χ3n) is 2.57. The quantitative estimate of drug-likeness (QED) is 0.864. The Balaban J connectivity index is 2.47. The number of carboxylic acids is 1. The summed E-state index contributed by atoms with van der Waals surface area (Å²) >= 11 is 0. The van der Waals surface area contributed by atoms with Crippen LogP contribution in [-0.2, 0) is 0 Å². The van der Waals surface area contributed by atoms with E-state index in [-0.39, 0.29) is 5.56 Å². The molecule has 1 aromatic carbocycles. The van der Waals surface area contributed by atoms with Gasteiger partial charge in [-0.2, -0.15) is 0 Å². The number of carbonyl (C=O) groups is 1. The smallest absolute Gasteiger partial charge is 0.341 e. The maximum Gasteiger partial charge on any atom is 0.341 e. The number of aromatic nitrogens is 2. The lowest BCUT2D eigenvalue weighted by atomic mass is 10.1. The van der Waals surface area contributed by atoms with E-state index in [1.165, 1.54) is 6.20 Å². The van der Waals surface area contributed by atoms with Crippen molar-refractivity contribution >= 4 is 11.8 Å². The Morgan fingerprint density at radius 3 is 2.50 bits per heavy atom. The van der Waals surface area contributed by atoms with Crippen molar-refractivity contribution in [2.24, 2.45) is 0 Å². The van der Waals surface area contributed by atoms with Crippen LogP contribution in [0.3, 0.4) is 0 Å². The zero-order valence-electron chi connectivity index (χ0n) is 10.1. The molecule has 2 aromatic rings. The summed E-state index contributed by atoms with van der Waals surface area (Å²) in [6.07, 6.45) is 1.32. The van der Waals surface area contributed by atoms with Crippen LogP contribution in [-0.4, -0.2) is 28.1 Å². The average Bonchev–Trinajstić information content (AvgIpc) is 2.38. The average molecular weight is 243 g/mol. The predicted octanol–water partition coefficient (Wildman–Crippen LogP) is 2.19. The fourth-order valence-corrected chi connectivity index (χ4v) is 1.57. The summed E-state index contributed by atoms with van der Waals surface area (Å²) in [4.78, 5) is 19.2. The molecule has 5 heteroatoms. The summed E-state index contributed by atoms with van der Waals surface area (Å²) in [5.41, 5.74) is 2.07. The molecule has 92 valence electrons. The number of nitrogens with zero attached hydrogens (tertiary/aromatic N) is 2. The standard InChI is InChI=1S/C13H13N3O2/c1-8-3-5-9(6-4-8)11-15-7-10(13(17)18)12(14-2)16-11/h3-7H,1-2H3,(H,17,18)(H,14,15,16). The van der Waals surface area contributed by atoms with Gasteiger partial charge in [0.15, 0.2) is 5.82 Å². The van der Waals surface area contributed by atoms with Gasteiger partial charge in [0.2, 0.25) is 0 Å². The van der Waals surface area contributed by atoms with Gasteiger partial charge in [-0.3, -0.25) is 0 Å². The summed E-state index contributed by atoms with van der Waals surface area (Å²) in [7, 11) is 1.63. The largest absolute Gasteiger partial charge is 0.477 e.